The molecule has 1 heterocycles. The first kappa shape index (κ1) is 12.8. The Kier molecular flexibility index (Phi) is 4.06. The van der Waals surface area contributed by atoms with Gasteiger partial charge in [0.05, 0.1) is 11.3 Å². The molecule has 2 fully saturated rings. The summed E-state index contributed by atoms with van der Waals surface area (Å²) in [6.45, 7) is -1.01. The van der Waals surface area contributed by atoms with E-state index in [1.165, 1.54) is 0 Å². The largest absolute Gasteiger partial charge is 0.416 e. The van der Waals surface area contributed by atoms with E-state index < -0.39 is 80.6 Å². The fourth-order valence-electron chi connectivity index (χ4n) is 3.65. The van der Waals surface area contributed by atoms with Gasteiger partial charge in [-0.25, -0.2) is 0 Å². The monoisotopic (exact) mass is 501 g/mol. The van der Waals surface area contributed by atoms with E-state index in [1.54, 1.807) is 25.1 Å². The van der Waals surface area contributed by atoms with Crippen LogP contribution in [0.3, 0.4) is 0 Å². The zero-order valence-electron chi connectivity index (χ0n) is 34.6. The van der Waals surface area contributed by atoms with Crippen LogP contribution < -0.4 is 0 Å². The molecule has 3 nitrogen and oxygen atoms in total. The van der Waals surface area contributed by atoms with Gasteiger partial charge < -0.3 is 4.84 Å². The van der Waals surface area contributed by atoms with Crippen molar-refractivity contribution in [1.29, 1.82) is 0 Å². The predicted molar refractivity (Wildman–Crippen MR) is 135 cm³/mol. The number of hydrogen-bond donors (Lipinski definition) is 0. The lowest BCUT2D eigenvalue weighted by Crippen LogP contribution is -2.36. The first-order chi connectivity index (χ1) is 22.4. The average Bonchev–Trinajstić information content (AvgIpc) is 3.00. The predicted octanol–water partition coefficient (Wildman–Crippen LogP) is 7.71. The molecule has 35 heavy (non-hydrogen) atoms. The fourth-order valence-corrected chi connectivity index (χ4v) is 3.65. The standard InChI is InChI=1S/C29H37F3N2O/c1-4-23-17-25(11-12-26(23)18-34-14-5-15-34)21(3)33-35-19-22-8-13-27(28(16-22)29(30,31)32)24-9-6-20(2)7-10-24/h8,11-13,16-17,20,24H,4-7,9-10,14-15,18-19H2,1-3H3/b33-21+/i5D,6D2,7D2,9D2,10D2,14D2,15D2,20D,24D. The van der Waals surface area contributed by atoms with E-state index >= 15 is 0 Å². The van der Waals surface area contributed by atoms with Crippen LogP contribution in [0.4, 0.5) is 13.2 Å². The SMILES string of the molecule is [2H]C1C([2H])([2H])N(Cc2ccc(/C(C)=N/OCc3ccc(C4([2H])C([2H])([2H])C([2H])([2H])C([2H])(C)C([2H])([2H])C4([2H])[2H])c(C(F)(F)F)c3)cc2CC)C1([2H])[2H]. The highest BCUT2D eigenvalue weighted by atomic mass is 19.4. The zero-order valence-corrected chi connectivity index (χ0v) is 19.6. The molecule has 1 aliphatic heterocycles. The molecular weight excluding hydrogens is 449 g/mol. The summed E-state index contributed by atoms with van der Waals surface area (Å²) in [5, 5.41) is 3.96. The van der Waals surface area contributed by atoms with Gasteiger partial charge in [0.15, 0.2) is 0 Å². The summed E-state index contributed by atoms with van der Waals surface area (Å²) in [5.74, 6) is -6.97. The lowest BCUT2D eigenvalue weighted by molar-refractivity contribution is -0.138. The van der Waals surface area contributed by atoms with Crippen molar-refractivity contribution in [2.24, 2.45) is 11.0 Å². The van der Waals surface area contributed by atoms with Crippen molar-refractivity contribution >= 4 is 5.71 Å². The third kappa shape index (κ3) is 6.46. The second kappa shape index (κ2) is 11.2. The quantitative estimate of drug-likeness (QED) is 0.273. The Hall–Kier alpha value is -2.34. The van der Waals surface area contributed by atoms with Gasteiger partial charge in [0.2, 0.25) is 0 Å². The van der Waals surface area contributed by atoms with Crippen molar-refractivity contribution < 1.29 is 38.6 Å². The highest BCUT2D eigenvalue weighted by molar-refractivity contribution is 5.98. The van der Waals surface area contributed by atoms with Crippen LogP contribution in [0.15, 0.2) is 41.6 Å². The van der Waals surface area contributed by atoms with Crippen LogP contribution in [-0.4, -0.2) is 23.6 Å². The lowest BCUT2D eigenvalue weighted by Gasteiger charge is -2.31. The minimum Gasteiger partial charge on any atom is -0.391 e. The number of rotatable bonds is 8. The first-order valence-electron chi connectivity index (χ1n) is 18.7. The van der Waals surface area contributed by atoms with E-state index in [0.717, 1.165) is 16.5 Å². The van der Waals surface area contributed by atoms with Crippen LogP contribution in [0, 0.1) is 5.89 Å². The molecule has 6 heteroatoms. The van der Waals surface area contributed by atoms with Crippen LogP contribution in [-0.2, 0) is 30.6 Å². The molecule has 4 rings (SSSR count). The summed E-state index contributed by atoms with van der Waals surface area (Å²) in [5.41, 5.74) is -1.07. The smallest absolute Gasteiger partial charge is 0.391 e. The molecule has 0 amide bonds. The van der Waals surface area contributed by atoms with Crippen LogP contribution >= 0.6 is 0 Å². The summed E-state index contributed by atoms with van der Waals surface area (Å²) in [6.07, 6.45) is -21.4. The molecule has 1 saturated carbocycles. The maximum absolute atomic E-state index is 14.5. The molecular formula is C29H37F3N2O. The maximum Gasteiger partial charge on any atom is 0.416 e. The van der Waals surface area contributed by atoms with Crippen molar-refractivity contribution in [2.45, 2.75) is 84.3 Å². The Bertz CT molecular complexity index is 1630. The van der Waals surface area contributed by atoms with Gasteiger partial charge in [-0.2, -0.15) is 13.2 Å². The number of benzene rings is 2. The topological polar surface area (TPSA) is 24.8 Å². The van der Waals surface area contributed by atoms with Gasteiger partial charge in [0.25, 0.3) is 0 Å². The first-order valence-corrected chi connectivity index (χ1v) is 11.1. The Labute approximate surface area is 228 Å². The van der Waals surface area contributed by atoms with Gasteiger partial charge in [-0.3, -0.25) is 4.90 Å². The second-order valence-corrected chi connectivity index (χ2v) is 8.15. The molecule has 190 valence electrons. The molecule has 0 N–H and O–H groups in total. The Morgan fingerprint density at radius 3 is 2.54 bits per heavy atom. The maximum atomic E-state index is 14.5. The lowest BCUT2D eigenvalue weighted by atomic mass is 9.78. The van der Waals surface area contributed by atoms with Gasteiger partial charge in [-0.05, 0) is 97.2 Å². The molecule has 0 spiro atoms. The molecule has 1 saturated heterocycles. The normalized spacial score (nSPS) is 41.3. The van der Waals surface area contributed by atoms with Gasteiger partial charge in [-0.1, -0.05) is 56.0 Å². The van der Waals surface area contributed by atoms with E-state index in [9.17, 15) is 13.2 Å². The van der Waals surface area contributed by atoms with Crippen LogP contribution in [0.5, 0.6) is 0 Å². The highest BCUT2D eigenvalue weighted by Gasteiger charge is 2.36. The molecule has 2 aliphatic rings. The van der Waals surface area contributed by atoms with Crippen molar-refractivity contribution in [3.05, 3.63) is 69.8 Å². The highest BCUT2D eigenvalue weighted by Crippen LogP contribution is 2.42. The molecule has 0 aromatic heterocycles. The minimum absolute atomic E-state index is 0.0939. The Balaban J connectivity index is 1.64. The molecule has 0 atom stereocenters. The minimum atomic E-state index is -5.33. The number of hydrogen-bond acceptors (Lipinski definition) is 3. The van der Waals surface area contributed by atoms with Gasteiger partial charge in [-0.15, -0.1) is 0 Å². The van der Waals surface area contributed by atoms with Crippen molar-refractivity contribution in [2.75, 3.05) is 13.0 Å². The summed E-state index contributed by atoms with van der Waals surface area (Å²) < 4.78 is 167. The number of halogens is 3. The number of oxime groups is 1. The van der Waals surface area contributed by atoms with E-state index in [0.29, 0.717) is 36.6 Å². The van der Waals surface area contributed by atoms with Gasteiger partial charge >= 0.3 is 6.18 Å². The fraction of sp³-hybridized carbons (Fsp3) is 0.552. The Morgan fingerprint density at radius 1 is 1.11 bits per heavy atom. The number of nitrogens with zero attached hydrogens (tertiary/aromatic N) is 2. The van der Waals surface area contributed by atoms with Crippen LogP contribution in [0.2, 0.25) is 0 Å². The zero-order chi connectivity index (χ0) is 38.5. The van der Waals surface area contributed by atoms with E-state index in [-0.39, 0.29) is 17.8 Å². The molecule has 2 aromatic rings. The summed E-state index contributed by atoms with van der Waals surface area (Å²) in [6, 6.07) is 7.04. The number of likely N-dealkylation sites (tertiary alicyclic amines) is 1. The van der Waals surface area contributed by atoms with Crippen molar-refractivity contribution in [3.8, 4) is 0 Å². The van der Waals surface area contributed by atoms with E-state index in [1.807, 2.05) is 6.92 Å². The molecule has 0 radical (unpaired) electrons. The summed E-state index contributed by atoms with van der Waals surface area (Å²) >= 11 is 0. The number of aryl methyl sites for hydroxylation is 1. The summed E-state index contributed by atoms with van der Waals surface area (Å²) in [7, 11) is 0. The molecule has 0 unspecified atom stereocenters. The van der Waals surface area contributed by atoms with Crippen molar-refractivity contribution in [3.63, 3.8) is 0 Å². The molecule has 0 bridgehead atoms. The average molecular weight is 502 g/mol. The third-order valence-corrected chi connectivity index (χ3v) is 5.62. The van der Waals surface area contributed by atoms with Crippen molar-refractivity contribution in [1.82, 2.24) is 4.90 Å². The van der Waals surface area contributed by atoms with Crippen LogP contribution in [0.25, 0.3) is 0 Å². The third-order valence-electron chi connectivity index (χ3n) is 5.62. The second-order valence-electron chi connectivity index (χ2n) is 8.15. The number of alkyl halides is 3. The van der Waals surface area contributed by atoms with Gasteiger partial charge in [0.1, 0.15) is 6.61 Å². The van der Waals surface area contributed by atoms with E-state index in [4.69, 9.17) is 25.4 Å². The van der Waals surface area contributed by atoms with Crippen LogP contribution in [0.1, 0.15) is 112 Å². The van der Waals surface area contributed by atoms with Gasteiger partial charge in [0, 0.05) is 27.1 Å². The Morgan fingerprint density at radius 2 is 1.86 bits per heavy atom. The van der Waals surface area contributed by atoms with E-state index in [2.05, 4.69) is 5.16 Å². The summed E-state index contributed by atoms with van der Waals surface area (Å²) in [4.78, 5) is 6.27. The molecule has 1 aliphatic carbocycles. The molecule has 2 aromatic carbocycles.